The van der Waals surface area contributed by atoms with Gasteiger partial charge in [-0.05, 0) is 24.3 Å². The number of hydrogen-bond donors (Lipinski definition) is 0. The van der Waals surface area contributed by atoms with Gasteiger partial charge >= 0.3 is 5.97 Å². The van der Waals surface area contributed by atoms with Gasteiger partial charge in [-0.3, -0.25) is 10.1 Å². The fraction of sp³-hybridized carbons (Fsp3) is 0.133. The molecule has 2 aromatic rings. The first kappa shape index (κ1) is 15.4. The summed E-state index contributed by atoms with van der Waals surface area (Å²) < 4.78 is 23.3. The summed E-state index contributed by atoms with van der Waals surface area (Å²) >= 11 is 0. The average Bonchev–Trinajstić information content (AvgIpc) is 2.52. The number of non-ortho nitro benzene ring substituents is 1. The molecule has 2 aromatic carbocycles. The van der Waals surface area contributed by atoms with E-state index in [1.54, 1.807) is 0 Å². The molecule has 0 heterocycles. The van der Waals surface area contributed by atoms with Crippen LogP contribution in [0, 0.1) is 15.9 Å². The van der Waals surface area contributed by atoms with Crippen LogP contribution in [0.3, 0.4) is 0 Å². The minimum absolute atomic E-state index is 0.0459. The maximum Gasteiger partial charge on any atom is 0.338 e. The molecule has 0 spiro atoms. The fourth-order valence-electron chi connectivity index (χ4n) is 1.83. The van der Waals surface area contributed by atoms with Crippen LogP contribution in [0.25, 0.3) is 0 Å². The number of nitro groups is 1. The number of nitro benzene ring substituents is 1. The Labute approximate surface area is 125 Å². The topological polar surface area (TPSA) is 78.7 Å². The van der Waals surface area contributed by atoms with Gasteiger partial charge in [-0.25, -0.2) is 9.18 Å². The van der Waals surface area contributed by atoms with Gasteiger partial charge in [0, 0.05) is 17.7 Å². The highest BCUT2D eigenvalue weighted by atomic mass is 19.1. The van der Waals surface area contributed by atoms with Crippen LogP contribution in [0.1, 0.15) is 15.9 Å². The molecule has 0 fully saturated rings. The van der Waals surface area contributed by atoms with Gasteiger partial charge < -0.3 is 9.47 Å². The molecule has 0 aliphatic carbocycles. The van der Waals surface area contributed by atoms with E-state index >= 15 is 0 Å². The zero-order valence-electron chi connectivity index (χ0n) is 11.6. The molecule has 0 amide bonds. The summed E-state index contributed by atoms with van der Waals surface area (Å²) in [4.78, 5) is 22.0. The lowest BCUT2D eigenvalue weighted by atomic mass is 10.2. The number of benzene rings is 2. The zero-order chi connectivity index (χ0) is 16.1. The van der Waals surface area contributed by atoms with E-state index in [2.05, 4.69) is 0 Å². The number of methoxy groups -OCH3 is 1. The van der Waals surface area contributed by atoms with Crippen molar-refractivity contribution in [2.75, 3.05) is 7.11 Å². The fourth-order valence-corrected chi connectivity index (χ4v) is 1.83. The molecule has 0 aromatic heterocycles. The molecule has 114 valence electrons. The minimum atomic E-state index is -0.741. The number of carbonyl (C=O) groups excluding carboxylic acids is 1. The van der Waals surface area contributed by atoms with Gasteiger partial charge in [-0.1, -0.05) is 6.07 Å². The molecular formula is C15H12FNO5. The van der Waals surface area contributed by atoms with Gasteiger partial charge in [0.2, 0.25) is 0 Å². The maximum atomic E-state index is 13.2. The average molecular weight is 305 g/mol. The quantitative estimate of drug-likeness (QED) is 0.482. The predicted octanol–water partition coefficient (Wildman–Crippen LogP) is 3.10. The van der Waals surface area contributed by atoms with Crippen molar-refractivity contribution in [2.45, 2.75) is 6.61 Å². The van der Waals surface area contributed by atoms with Crippen molar-refractivity contribution in [1.29, 1.82) is 0 Å². The Balaban J connectivity index is 2.12. The number of hydrogen-bond acceptors (Lipinski definition) is 5. The molecular weight excluding hydrogens is 293 g/mol. The lowest BCUT2D eigenvalue weighted by Crippen LogP contribution is -2.06. The van der Waals surface area contributed by atoms with Crippen LogP contribution >= 0.6 is 0 Å². The summed E-state index contributed by atoms with van der Waals surface area (Å²) in [6.07, 6.45) is 0. The summed E-state index contributed by atoms with van der Waals surface area (Å²) in [5, 5.41) is 10.7. The molecule has 0 atom stereocenters. The van der Waals surface area contributed by atoms with E-state index in [4.69, 9.17) is 9.47 Å². The normalized spacial score (nSPS) is 10.1. The van der Waals surface area contributed by atoms with E-state index in [9.17, 15) is 19.3 Å². The number of rotatable bonds is 5. The van der Waals surface area contributed by atoms with Crippen molar-refractivity contribution in [3.05, 3.63) is 69.5 Å². The highest BCUT2D eigenvalue weighted by Crippen LogP contribution is 2.21. The SMILES string of the molecule is COc1ccc(F)cc1COC(=O)c1cccc([N+](=O)[O-])c1. The Bertz CT molecular complexity index is 717. The first-order valence-electron chi connectivity index (χ1n) is 6.25. The van der Waals surface area contributed by atoms with Crippen molar-refractivity contribution >= 4 is 11.7 Å². The zero-order valence-corrected chi connectivity index (χ0v) is 11.6. The Morgan fingerprint density at radius 2 is 2.05 bits per heavy atom. The van der Waals surface area contributed by atoms with Crippen LogP contribution in [-0.4, -0.2) is 18.0 Å². The molecule has 22 heavy (non-hydrogen) atoms. The number of nitrogens with zero attached hydrogens (tertiary/aromatic N) is 1. The van der Waals surface area contributed by atoms with Crippen molar-refractivity contribution < 1.29 is 23.6 Å². The van der Waals surface area contributed by atoms with Crippen LogP contribution in [0.4, 0.5) is 10.1 Å². The van der Waals surface area contributed by atoms with Crippen LogP contribution in [-0.2, 0) is 11.3 Å². The first-order chi connectivity index (χ1) is 10.5. The number of halogens is 1. The molecule has 6 nitrogen and oxygen atoms in total. The first-order valence-corrected chi connectivity index (χ1v) is 6.25. The van der Waals surface area contributed by atoms with E-state index in [-0.39, 0.29) is 17.9 Å². The van der Waals surface area contributed by atoms with E-state index in [1.165, 1.54) is 43.5 Å². The maximum absolute atomic E-state index is 13.2. The smallest absolute Gasteiger partial charge is 0.338 e. The molecule has 2 rings (SSSR count). The third kappa shape index (κ3) is 3.57. The Morgan fingerprint density at radius 3 is 2.73 bits per heavy atom. The van der Waals surface area contributed by atoms with Crippen LogP contribution in [0.15, 0.2) is 42.5 Å². The van der Waals surface area contributed by atoms with Gasteiger partial charge in [-0.15, -0.1) is 0 Å². The molecule has 0 radical (unpaired) electrons. The lowest BCUT2D eigenvalue weighted by molar-refractivity contribution is -0.384. The van der Waals surface area contributed by atoms with Gasteiger partial charge in [0.25, 0.3) is 5.69 Å². The van der Waals surface area contributed by atoms with Crippen molar-refractivity contribution in [3.63, 3.8) is 0 Å². The highest BCUT2D eigenvalue weighted by molar-refractivity contribution is 5.90. The molecule has 0 unspecified atom stereocenters. The summed E-state index contributed by atoms with van der Waals surface area (Å²) in [6.45, 7) is -0.206. The molecule has 0 bridgehead atoms. The minimum Gasteiger partial charge on any atom is -0.496 e. The van der Waals surface area contributed by atoms with Crippen LogP contribution in [0.5, 0.6) is 5.75 Å². The van der Waals surface area contributed by atoms with Crippen LogP contribution in [0.2, 0.25) is 0 Å². The van der Waals surface area contributed by atoms with Gasteiger partial charge in [0.1, 0.15) is 18.2 Å². The van der Waals surface area contributed by atoms with Crippen molar-refractivity contribution in [2.24, 2.45) is 0 Å². The van der Waals surface area contributed by atoms with Gasteiger partial charge in [0.05, 0.1) is 17.6 Å². The third-order valence-electron chi connectivity index (χ3n) is 2.89. The van der Waals surface area contributed by atoms with Crippen molar-refractivity contribution in [3.8, 4) is 5.75 Å². The lowest BCUT2D eigenvalue weighted by Gasteiger charge is -2.09. The van der Waals surface area contributed by atoms with E-state index < -0.39 is 16.7 Å². The third-order valence-corrected chi connectivity index (χ3v) is 2.89. The number of esters is 1. The Hall–Kier alpha value is -2.96. The van der Waals surface area contributed by atoms with Crippen molar-refractivity contribution in [1.82, 2.24) is 0 Å². The second-order valence-corrected chi connectivity index (χ2v) is 4.34. The van der Waals surface area contributed by atoms with E-state index in [1.807, 2.05) is 0 Å². The second kappa shape index (κ2) is 6.66. The van der Waals surface area contributed by atoms with Gasteiger partial charge in [-0.2, -0.15) is 0 Å². The molecule has 0 aliphatic rings. The molecule has 0 aliphatic heterocycles. The Morgan fingerprint density at radius 1 is 1.27 bits per heavy atom. The predicted molar refractivity (Wildman–Crippen MR) is 75.2 cm³/mol. The largest absolute Gasteiger partial charge is 0.496 e. The molecule has 7 heteroatoms. The molecule has 0 saturated heterocycles. The van der Waals surface area contributed by atoms with Crippen LogP contribution < -0.4 is 4.74 Å². The summed E-state index contributed by atoms with van der Waals surface area (Å²) in [6, 6.07) is 9.02. The monoisotopic (exact) mass is 305 g/mol. The second-order valence-electron chi connectivity index (χ2n) is 4.34. The Kier molecular flexibility index (Phi) is 4.67. The number of ether oxygens (including phenoxy) is 2. The van der Waals surface area contributed by atoms with E-state index in [0.717, 1.165) is 6.07 Å². The standard InChI is InChI=1S/C15H12FNO5/c1-21-14-6-5-12(16)7-11(14)9-22-15(18)10-3-2-4-13(8-10)17(19)20/h2-8H,9H2,1H3. The van der Waals surface area contributed by atoms with E-state index in [0.29, 0.717) is 11.3 Å². The summed E-state index contributed by atoms with van der Waals surface area (Å²) in [5.74, 6) is -0.842. The summed E-state index contributed by atoms with van der Waals surface area (Å²) in [5.41, 5.74) is 0.198. The molecule has 0 N–H and O–H groups in total. The molecule has 0 saturated carbocycles. The number of carbonyl (C=O) groups is 1. The highest BCUT2D eigenvalue weighted by Gasteiger charge is 2.14. The summed E-state index contributed by atoms with van der Waals surface area (Å²) in [7, 11) is 1.42. The van der Waals surface area contributed by atoms with Gasteiger partial charge in [0.15, 0.2) is 0 Å².